The molecule has 0 radical (unpaired) electrons. The van der Waals surface area contributed by atoms with Gasteiger partial charge < -0.3 is 19.5 Å². The van der Waals surface area contributed by atoms with Crippen LogP contribution in [0.2, 0.25) is 0 Å². The molecule has 0 saturated heterocycles. The summed E-state index contributed by atoms with van der Waals surface area (Å²) in [6, 6.07) is 13.9. The Morgan fingerprint density at radius 2 is 1.89 bits per heavy atom. The van der Waals surface area contributed by atoms with Gasteiger partial charge in [0.1, 0.15) is 24.2 Å². The summed E-state index contributed by atoms with van der Waals surface area (Å²) in [7, 11) is 2.90. The molecule has 2 heterocycles. The Labute approximate surface area is 200 Å². The molecule has 4 aromatic rings. The molecule has 4 rings (SSSR count). The van der Waals surface area contributed by atoms with E-state index in [-0.39, 0.29) is 36.0 Å². The zero-order valence-electron chi connectivity index (χ0n) is 19.5. The number of nitrogens with zero attached hydrogens (tertiary/aromatic N) is 5. The quantitative estimate of drug-likeness (QED) is 0.257. The summed E-state index contributed by atoms with van der Waals surface area (Å²) in [5.74, 6) is 0.924. The Hall–Kier alpha value is -4.38. The number of aromatic hydroxyl groups is 1. The van der Waals surface area contributed by atoms with Gasteiger partial charge in [0.2, 0.25) is 5.95 Å². The number of aliphatic hydroxyl groups is 1. The van der Waals surface area contributed by atoms with Crippen LogP contribution in [0.3, 0.4) is 0 Å². The minimum absolute atomic E-state index is 0.0224. The summed E-state index contributed by atoms with van der Waals surface area (Å²) in [4.78, 5) is 29.7. The summed E-state index contributed by atoms with van der Waals surface area (Å²) in [5.41, 5.74) is 3.77. The number of aromatic nitrogens is 4. The highest BCUT2D eigenvalue weighted by Crippen LogP contribution is 2.18. The molecular formula is C24H26N6O5. The lowest BCUT2D eigenvalue weighted by Crippen LogP contribution is -2.38. The molecular weight excluding hydrogens is 452 g/mol. The third-order valence-corrected chi connectivity index (χ3v) is 5.44. The van der Waals surface area contributed by atoms with Gasteiger partial charge in [-0.05, 0) is 54.4 Å². The zero-order chi connectivity index (χ0) is 25.1. The Morgan fingerprint density at radius 1 is 1.14 bits per heavy atom. The normalized spacial score (nSPS) is 12.3. The first-order valence-corrected chi connectivity index (χ1v) is 10.9. The lowest BCUT2D eigenvalue weighted by atomic mass is 10.2. The van der Waals surface area contributed by atoms with Crippen LogP contribution in [-0.2, 0) is 20.6 Å². The van der Waals surface area contributed by atoms with Gasteiger partial charge in [0, 0.05) is 14.1 Å². The average Bonchev–Trinajstić information content (AvgIpc) is 3.19. The number of phenols is 1. The molecule has 182 valence electrons. The molecule has 0 bridgehead atoms. The molecule has 1 unspecified atom stereocenters. The minimum Gasteiger partial charge on any atom is -0.508 e. The molecule has 0 amide bonds. The van der Waals surface area contributed by atoms with Crippen molar-refractivity contribution in [2.75, 3.05) is 12.0 Å². The number of hydrogen-bond donors (Lipinski definition) is 3. The van der Waals surface area contributed by atoms with E-state index in [1.54, 1.807) is 18.2 Å². The molecule has 0 aliphatic carbocycles. The van der Waals surface area contributed by atoms with Crippen molar-refractivity contribution in [2.45, 2.75) is 19.6 Å². The summed E-state index contributed by atoms with van der Waals surface area (Å²) in [6.07, 6.45) is 0.522. The molecule has 2 aromatic carbocycles. The molecule has 0 aliphatic heterocycles. The molecule has 11 nitrogen and oxygen atoms in total. The number of aliphatic hydroxyl groups excluding tert-OH is 1. The Morgan fingerprint density at radius 3 is 2.60 bits per heavy atom. The summed E-state index contributed by atoms with van der Waals surface area (Å²) in [5, 5.41) is 24.3. The van der Waals surface area contributed by atoms with Crippen LogP contribution in [0.4, 0.5) is 5.95 Å². The number of hydrazone groups is 1. The molecule has 1 atom stereocenters. The van der Waals surface area contributed by atoms with Crippen LogP contribution < -0.4 is 21.4 Å². The number of rotatable bonds is 8. The van der Waals surface area contributed by atoms with Crippen molar-refractivity contribution in [1.29, 1.82) is 0 Å². The molecule has 0 saturated carbocycles. The average molecular weight is 479 g/mol. The summed E-state index contributed by atoms with van der Waals surface area (Å²) < 4.78 is 9.43. The van der Waals surface area contributed by atoms with E-state index in [1.807, 2.05) is 25.1 Å². The Balaban J connectivity index is 1.65. The van der Waals surface area contributed by atoms with Crippen LogP contribution >= 0.6 is 0 Å². The van der Waals surface area contributed by atoms with Crippen molar-refractivity contribution in [3.05, 3.63) is 80.5 Å². The number of ether oxygens (including phenoxy) is 1. The van der Waals surface area contributed by atoms with E-state index >= 15 is 0 Å². The largest absolute Gasteiger partial charge is 0.508 e. The van der Waals surface area contributed by atoms with Gasteiger partial charge in [0.25, 0.3) is 5.56 Å². The molecule has 2 aromatic heterocycles. The van der Waals surface area contributed by atoms with E-state index in [0.717, 1.165) is 10.1 Å². The fraction of sp³-hybridized carbons (Fsp3) is 0.250. The molecule has 35 heavy (non-hydrogen) atoms. The number of hydrogen-bond acceptors (Lipinski definition) is 8. The topological polar surface area (TPSA) is 136 Å². The first kappa shape index (κ1) is 23.8. The van der Waals surface area contributed by atoms with Gasteiger partial charge in [-0.3, -0.25) is 13.9 Å². The van der Waals surface area contributed by atoms with Crippen LogP contribution in [0.25, 0.3) is 11.2 Å². The van der Waals surface area contributed by atoms with Gasteiger partial charge >= 0.3 is 5.69 Å². The minimum atomic E-state index is -0.989. The molecule has 0 spiro atoms. The van der Waals surface area contributed by atoms with Gasteiger partial charge in [-0.25, -0.2) is 10.2 Å². The van der Waals surface area contributed by atoms with Gasteiger partial charge in [-0.1, -0.05) is 12.1 Å². The maximum atomic E-state index is 12.9. The van der Waals surface area contributed by atoms with E-state index in [9.17, 15) is 19.8 Å². The van der Waals surface area contributed by atoms with Crippen molar-refractivity contribution >= 4 is 23.3 Å². The second kappa shape index (κ2) is 9.85. The Kier molecular flexibility index (Phi) is 6.69. The maximum absolute atomic E-state index is 12.9. The van der Waals surface area contributed by atoms with Crippen molar-refractivity contribution in [1.82, 2.24) is 18.7 Å². The maximum Gasteiger partial charge on any atom is 0.332 e. The van der Waals surface area contributed by atoms with Crippen molar-refractivity contribution in [3.8, 4) is 11.5 Å². The third kappa shape index (κ3) is 5.09. The number of nitrogens with one attached hydrogen (secondary N) is 1. The lowest BCUT2D eigenvalue weighted by Gasteiger charge is -2.15. The first-order chi connectivity index (χ1) is 16.7. The van der Waals surface area contributed by atoms with Crippen LogP contribution in [0.15, 0.2) is 63.2 Å². The monoisotopic (exact) mass is 478 g/mol. The second-order valence-corrected chi connectivity index (χ2v) is 8.17. The number of imidazole rings is 1. The molecule has 11 heteroatoms. The van der Waals surface area contributed by atoms with Crippen LogP contribution in [0.1, 0.15) is 11.1 Å². The van der Waals surface area contributed by atoms with Gasteiger partial charge in [0.15, 0.2) is 11.2 Å². The van der Waals surface area contributed by atoms with E-state index in [1.165, 1.54) is 41.6 Å². The third-order valence-electron chi connectivity index (χ3n) is 5.44. The fourth-order valence-electron chi connectivity index (χ4n) is 3.60. The standard InChI is InChI=1S/C24H26N6O5/c1-15-5-4-6-19(11-15)35-14-18(32)13-30-20-21(28(2)24(34)29(3)22(20)33)26-23(30)27-25-12-16-7-9-17(31)10-8-16/h4-12,18,31-32H,13-14H2,1-3H3,(H,26,27). The predicted molar refractivity (Wildman–Crippen MR) is 132 cm³/mol. The van der Waals surface area contributed by atoms with Crippen molar-refractivity contribution in [2.24, 2.45) is 19.2 Å². The van der Waals surface area contributed by atoms with E-state index in [2.05, 4.69) is 15.5 Å². The zero-order valence-corrected chi connectivity index (χ0v) is 19.5. The summed E-state index contributed by atoms with van der Waals surface area (Å²) >= 11 is 0. The Bertz CT molecular complexity index is 1500. The highest BCUT2D eigenvalue weighted by molar-refractivity contribution is 5.80. The number of fused-ring (bicyclic) bond motifs is 1. The second-order valence-electron chi connectivity index (χ2n) is 8.17. The number of phenolic OH excluding ortho intramolecular Hbond substituents is 1. The van der Waals surface area contributed by atoms with E-state index in [0.29, 0.717) is 11.3 Å². The summed E-state index contributed by atoms with van der Waals surface area (Å²) in [6.45, 7) is 1.88. The molecule has 0 fully saturated rings. The van der Waals surface area contributed by atoms with E-state index in [4.69, 9.17) is 4.74 Å². The van der Waals surface area contributed by atoms with Crippen molar-refractivity contribution < 1.29 is 14.9 Å². The van der Waals surface area contributed by atoms with E-state index < -0.39 is 17.4 Å². The smallest absolute Gasteiger partial charge is 0.332 e. The highest BCUT2D eigenvalue weighted by atomic mass is 16.5. The van der Waals surface area contributed by atoms with Crippen molar-refractivity contribution in [3.63, 3.8) is 0 Å². The van der Waals surface area contributed by atoms with Gasteiger partial charge in [-0.15, -0.1) is 0 Å². The predicted octanol–water partition coefficient (Wildman–Crippen LogP) is 1.33. The van der Waals surface area contributed by atoms with Gasteiger partial charge in [0.05, 0.1) is 12.8 Å². The number of anilines is 1. The molecule has 0 aliphatic rings. The van der Waals surface area contributed by atoms with Crippen LogP contribution in [0, 0.1) is 6.92 Å². The van der Waals surface area contributed by atoms with Crippen LogP contribution in [0.5, 0.6) is 11.5 Å². The lowest BCUT2D eigenvalue weighted by molar-refractivity contribution is 0.0938. The molecule has 3 N–H and O–H groups in total. The van der Waals surface area contributed by atoms with Gasteiger partial charge in [-0.2, -0.15) is 10.1 Å². The highest BCUT2D eigenvalue weighted by Gasteiger charge is 2.21. The first-order valence-electron chi connectivity index (χ1n) is 10.9. The SMILES string of the molecule is Cc1cccc(OCC(O)Cn2c(NN=Cc3ccc(O)cc3)nc3c2c(=O)n(C)c(=O)n3C)c1. The fourth-order valence-corrected chi connectivity index (χ4v) is 3.60. The number of benzene rings is 2. The van der Waals surface area contributed by atoms with Crippen LogP contribution in [-0.4, -0.2) is 47.8 Å². The number of aryl methyl sites for hydroxylation is 2.